The molecular weight excluding hydrogens is 400 g/mol. The third-order valence-electron chi connectivity index (χ3n) is 9.43. The van der Waals surface area contributed by atoms with Crippen molar-refractivity contribution in [3.63, 3.8) is 0 Å². The highest BCUT2D eigenvalue weighted by molar-refractivity contribution is 5.10. The van der Waals surface area contributed by atoms with E-state index in [2.05, 4.69) is 55.4 Å². The summed E-state index contributed by atoms with van der Waals surface area (Å²) in [6.07, 6.45) is 24.7. The minimum Gasteiger partial charge on any atom is -0.389 e. The lowest BCUT2D eigenvalue weighted by Gasteiger charge is -2.63. The molecule has 0 saturated carbocycles. The third kappa shape index (κ3) is 8.54. The quantitative estimate of drug-likeness (QED) is 0.159. The largest absolute Gasteiger partial charge is 0.389 e. The highest BCUT2D eigenvalue weighted by atomic mass is 16.3. The van der Waals surface area contributed by atoms with Crippen LogP contribution in [-0.2, 0) is 0 Å². The van der Waals surface area contributed by atoms with Crippen molar-refractivity contribution in [1.29, 1.82) is 0 Å². The molecule has 2 unspecified atom stereocenters. The van der Waals surface area contributed by atoms with E-state index in [4.69, 9.17) is 0 Å². The van der Waals surface area contributed by atoms with Crippen molar-refractivity contribution in [3.05, 3.63) is 0 Å². The van der Waals surface area contributed by atoms with E-state index in [1.807, 2.05) is 0 Å². The lowest BCUT2D eigenvalue weighted by atomic mass is 9.43. The Bertz CT molecular complexity index is 426. The van der Waals surface area contributed by atoms with Crippen molar-refractivity contribution >= 4 is 0 Å². The Morgan fingerprint density at radius 1 is 0.515 bits per heavy atom. The summed E-state index contributed by atoms with van der Waals surface area (Å²) in [5.41, 5.74) is -0.216. The van der Waals surface area contributed by atoms with Crippen LogP contribution < -0.4 is 0 Å². The molecule has 0 aromatic rings. The maximum absolute atomic E-state index is 12.9. The third-order valence-corrected chi connectivity index (χ3v) is 9.43. The van der Waals surface area contributed by atoms with Gasteiger partial charge in [-0.05, 0) is 56.3 Å². The van der Waals surface area contributed by atoms with E-state index in [0.717, 1.165) is 38.0 Å². The summed E-state index contributed by atoms with van der Waals surface area (Å²) in [5.74, 6) is 0.738. The van der Waals surface area contributed by atoms with E-state index in [1.54, 1.807) is 0 Å². The topological polar surface area (TPSA) is 20.2 Å². The Labute approximate surface area is 211 Å². The maximum Gasteiger partial charge on any atom is 0.0709 e. The van der Waals surface area contributed by atoms with Gasteiger partial charge in [0.2, 0.25) is 0 Å². The van der Waals surface area contributed by atoms with E-state index in [0.29, 0.717) is 0 Å². The predicted molar refractivity (Wildman–Crippen MR) is 151 cm³/mol. The molecule has 0 aliphatic rings. The van der Waals surface area contributed by atoms with Crippen LogP contribution in [0.15, 0.2) is 0 Å². The molecular formula is C32H66O. The lowest BCUT2D eigenvalue weighted by molar-refractivity contribution is -0.202. The summed E-state index contributed by atoms with van der Waals surface area (Å²) in [5, 5.41) is 12.9. The normalized spacial score (nSPS) is 15.5. The lowest BCUT2D eigenvalue weighted by Crippen LogP contribution is -2.60. The summed E-state index contributed by atoms with van der Waals surface area (Å²) in [4.78, 5) is 0. The molecule has 0 amide bonds. The highest BCUT2D eigenvalue weighted by Gasteiger charge is 2.61. The summed E-state index contributed by atoms with van der Waals surface area (Å²) >= 11 is 0. The maximum atomic E-state index is 12.9. The van der Waals surface area contributed by atoms with Crippen molar-refractivity contribution < 1.29 is 5.11 Å². The average Bonchev–Trinajstić information content (AvgIpc) is 2.84. The van der Waals surface area contributed by atoms with Crippen molar-refractivity contribution in [2.75, 3.05) is 0 Å². The molecule has 1 N–H and O–H groups in total. The molecule has 0 bridgehead atoms. The molecule has 0 aliphatic heterocycles. The first kappa shape index (κ1) is 33.0. The van der Waals surface area contributed by atoms with E-state index in [1.165, 1.54) is 96.3 Å². The van der Waals surface area contributed by atoms with Gasteiger partial charge in [-0.3, -0.25) is 0 Å². The fraction of sp³-hybridized carbons (Fsp3) is 1.00. The van der Waals surface area contributed by atoms with Crippen LogP contribution in [-0.4, -0.2) is 10.7 Å². The number of aliphatic hydroxyl groups is 1. The molecule has 0 heterocycles. The smallest absolute Gasteiger partial charge is 0.0709 e. The predicted octanol–water partition coefficient (Wildman–Crippen LogP) is 11.3. The van der Waals surface area contributed by atoms with Gasteiger partial charge in [0.05, 0.1) is 5.60 Å². The average molecular weight is 467 g/mol. The molecule has 1 heteroatoms. The van der Waals surface area contributed by atoms with Crippen LogP contribution in [0.4, 0.5) is 0 Å². The minimum absolute atomic E-state index is 0.0408. The minimum atomic E-state index is -0.524. The zero-order chi connectivity index (χ0) is 25.2. The van der Waals surface area contributed by atoms with E-state index in [-0.39, 0.29) is 10.8 Å². The van der Waals surface area contributed by atoms with Crippen molar-refractivity contribution in [2.24, 2.45) is 16.7 Å². The SMILES string of the molecule is CCCCC(CC)C(CCCC)(CCCC)C(CC)(CCCC)C(O)(CCCC)CCCC. The molecule has 0 aromatic carbocycles. The molecule has 0 aliphatic carbocycles. The van der Waals surface area contributed by atoms with Gasteiger partial charge in [-0.15, -0.1) is 0 Å². The van der Waals surface area contributed by atoms with Crippen molar-refractivity contribution in [1.82, 2.24) is 0 Å². The van der Waals surface area contributed by atoms with Gasteiger partial charge in [0, 0.05) is 5.41 Å². The zero-order valence-corrected chi connectivity index (χ0v) is 24.7. The van der Waals surface area contributed by atoms with E-state index in [9.17, 15) is 5.11 Å². The molecule has 0 radical (unpaired) electrons. The Morgan fingerprint density at radius 2 is 0.909 bits per heavy atom. The molecule has 0 spiro atoms. The van der Waals surface area contributed by atoms with Crippen LogP contribution in [0.5, 0.6) is 0 Å². The second-order valence-corrected chi connectivity index (χ2v) is 11.4. The molecule has 0 fully saturated rings. The second-order valence-electron chi connectivity index (χ2n) is 11.4. The second kappa shape index (κ2) is 18.3. The van der Waals surface area contributed by atoms with Crippen LogP contribution in [0.1, 0.15) is 184 Å². The Morgan fingerprint density at radius 3 is 1.27 bits per heavy atom. The highest BCUT2D eigenvalue weighted by Crippen LogP contribution is 2.65. The first-order valence-electron chi connectivity index (χ1n) is 15.6. The summed E-state index contributed by atoms with van der Waals surface area (Å²) in [6, 6.07) is 0. The van der Waals surface area contributed by atoms with Gasteiger partial charge in [0.1, 0.15) is 0 Å². The van der Waals surface area contributed by atoms with Gasteiger partial charge in [0.25, 0.3) is 0 Å². The number of hydrogen-bond donors (Lipinski definition) is 1. The Kier molecular flexibility index (Phi) is 18.2. The van der Waals surface area contributed by atoms with Crippen LogP contribution in [0, 0.1) is 16.7 Å². The standard InChI is InChI=1S/C32H66O/c1-9-17-23-29(15-7)30(24-18-10-2,25-19-11-3)31(16-8,26-20-12-4)32(33,27-21-13-5)28-22-14-6/h29,33H,9-28H2,1-8H3. The van der Waals surface area contributed by atoms with Gasteiger partial charge in [-0.2, -0.15) is 0 Å². The molecule has 0 aromatic heterocycles. The Hall–Kier alpha value is -0.0400. The number of rotatable bonds is 23. The molecule has 0 rings (SSSR count). The van der Waals surface area contributed by atoms with E-state index < -0.39 is 5.60 Å². The van der Waals surface area contributed by atoms with Gasteiger partial charge in [0.15, 0.2) is 0 Å². The summed E-state index contributed by atoms with van der Waals surface area (Å²) in [7, 11) is 0. The van der Waals surface area contributed by atoms with Gasteiger partial charge in [-0.1, -0.05) is 139 Å². The molecule has 2 atom stereocenters. The number of unbranched alkanes of at least 4 members (excludes halogenated alkanes) is 6. The van der Waals surface area contributed by atoms with Crippen molar-refractivity contribution in [2.45, 2.75) is 189 Å². The fourth-order valence-corrected chi connectivity index (χ4v) is 7.53. The van der Waals surface area contributed by atoms with Crippen LogP contribution in [0.3, 0.4) is 0 Å². The zero-order valence-electron chi connectivity index (χ0n) is 24.7. The molecule has 200 valence electrons. The molecule has 1 nitrogen and oxygen atoms in total. The van der Waals surface area contributed by atoms with Crippen LogP contribution in [0.25, 0.3) is 0 Å². The van der Waals surface area contributed by atoms with Crippen LogP contribution in [0.2, 0.25) is 0 Å². The first-order chi connectivity index (χ1) is 15.9. The first-order valence-corrected chi connectivity index (χ1v) is 15.6. The fourth-order valence-electron chi connectivity index (χ4n) is 7.53. The van der Waals surface area contributed by atoms with Crippen LogP contribution >= 0.6 is 0 Å². The van der Waals surface area contributed by atoms with E-state index >= 15 is 0 Å². The summed E-state index contributed by atoms with van der Waals surface area (Å²) in [6.45, 7) is 19.0. The number of hydrogen-bond acceptors (Lipinski definition) is 1. The Balaban J connectivity index is 7.08. The van der Waals surface area contributed by atoms with Gasteiger partial charge in [-0.25, -0.2) is 0 Å². The van der Waals surface area contributed by atoms with Crippen molar-refractivity contribution in [3.8, 4) is 0 Å². The molecule has 33 heavy (non-hydrogen) atoms. The van der Waals surface area contributed by atoms with Gasteiger partial charge >= 0.3 is 0 Å². The van der Waals surface area contributed by atoms with Gasteiger partial charge < -0.3 is 5.11 Å². The molecule has 0 saturated heterocycles. The monoisotopic (exact) mass is 467 g/mol. The summed E-state index contributed by atoms with van der Waals surface area (Å²) < 4.78 is 0.